The number of hydrogen-bond acceptors (Lipinski definition) is 8. The van der Waals surface area contributed by atoms with Crippen molar-refractivity contribution in [2.45, 2.75) is 112 Å². The molecule has 1 aromatic heterocycles. The predicted octanol–water partition coefficient (Wildman–Crippen LogP) is 6.59. The van der Waals surface area contributed by atoms with Crippen LogP contribution in [0.1, 0.15) is 93.1 Å². The Morgan fingerprint density at radius 1 is 0.923 bits per heavy atom. The second-order valence-electron chi connectivity index (χ2n) is 15.4. The average Bonchev–Trinajstić information content (AvgIpc) is 3.53. The number of carbonyl (C=O) groups excluding carboxylic acids is 3. The van der Waals surface area contributed by atoms with Crippen LogP contribution in [-0.4, -0.2) is 77.1 Å². The van der Waals surface area contributed by atoms with Gasteiger partial charge in [0.1, 0.15) is 11.5 Å². The second kappa shape index (κ2) is 18.7. The lowest BCUT2D eigenvalue weighted by molar-refractivity contribution is -0.138. The van der Waals surface area contributed by atoms with Crippen LogP contribution < -0.4 is 15.5 Å². The monoisotopic (exact) mass is 716 g/mol. The molecule has 0 aliphatic carbocycles. The number of aryl methyl sites for hydroxylation is 1. The predicted molar refractivity (Wildman–Crippen MR) is 206 cm³/mol. The largest absolute Gasteiger partial charge is 0.380 e. The zero-order chi connectivity index (χ0) is 37.9. The Morgan fingerprint density at radius 3 is 2.37 bits per heavy atom. The molecule has 11 nitrogen and oxygen atoms in total. The Labute approximate surface area is 310 Å². The number of ether oxygens (including phenoxy) is 2. The Hall–Kier alpha value is -3.93. The highest BCUT2D eigenvalue weighted by molar-refractivity contribution is 6.01. The first-order valence-corrected chi connectivity index (χ1v) is 18.9. The summed E-state index contributed by atoms with van der Waals surface area (Å²) >= 11 is 0. The molecule has 1 aliphatic heterocycles. The number of ketones is 1. The quantitative estimate of drug-likeness (QED) is 0.126. The summed E-state index contributed by atoms with van der Waals surface area (Å²) in [7, 11) is 0. The van der Waals surface area contributed by atoms with Crippen molar-refractivity contribution in [1.82, 2.24) is 25.6 Å². The molecule has 0 radical (unpaired) electrons. The number of carbonyl (C=O) groups is 3. The Morgan fingerprint density at radius 2 is 1.63 bits per heavy atom. The lowest BCUT2D eigenvalue weighted by atomic mass is 9.83. The van der Waals surface area contributed by atoms with Crippen LogP contribution in [0.25, 0.3) is 22.5 Å². The van der Waals surface area contributed by atoms with Crippen LogP contribution >= 0.6 is 0 Å². The van der Waals surface area contributed by atoms with Crippen molar-refractivity contribution in [3.8, 4) is 22.5 Å². The molecule has 284 valence electrons. The van der Waals surface area contributed by atoms with Crippen LogP contribution in [-0.2, 0) is 36.9 Å². The molecule has 0 fully saturated rings. The van der Waals surface area contributed by atoms with Crippen LogP contribution in [0.4, 0.5) is 5.69 Å². The van der Waals surface area contributed by atoms with Crippen molar-refractivity contribution in [3.05, 3.63) is 54.1 Å². The number of nitrogens with zero attached hydrogens (tertiary/aromatic N) is 4. The highest BCUT2D eigenvalue weighted by atomic mass is 16.5. The van der Waals surface area contributed by atoms with Crippen LogP contribution in [0.3, 0.4) is 0 Å². The molecule has 0 saturated heterocycles. The number of hydrogen-bond donors (Lipinski definition) is 2. The molecule has 0 saturated carbocycles. The van der Waals surface area contributed by atoms with Crippen LogP contribution in [0.5, 0.6) is 0 Å². The van der Waals surface area contributed by atoms with E-state index in [1.54, 1.807) is 4.90 Å². The zero-order valence-corrected chi connectivity index (χ0v) is 32.6. The van der Waals surface area contributed by atoms with Gasteiger partial charge in [-0.15, -0.1) is 5.10 Å². The van der Waals surface area contributed by atoms with Crippen LogP contribution in [0.2, 0.25) is 0 Å². The number of rotatable bonds is 20. The SMILES string of the molecule is CCC(C)NCCOCCCn1nnc2c1-c1ccccc1CN(C(=O)CCC(=O)NCCC(C)(C)OCC(C)(C)C(=O)C(C)C)c1ccccc1-2. The number of fused-ring (bicyclic) bond motifs is 5. The first-order valence-electron chi connectivity index (χ1n) is 18.9. The highest BCUT2D eigenvalue weighted by Crippen LogP contribution is 2.41. The number of benzene rings is 2. The van der Waals surface area contributed by atoms with Gasteiger partial charge in [0.25, 0.3) is 0 Å². The summed E-state index contributed by atoms with van der Waals surface area (Å²) in [5.74, 6) is -0.237. The smallest absolute Gasteiger partial charge is 0.227 e. The number of para-hydroxylation sites is 1. The Kier molecular flexibility index (Phi) is 14.7. The standard InChI is InChI=1S/C41H60N6O5/c1-9-30(4)42-23-26-51-25-14-24-47-38-32-16-11-10-15-31(32)27-46(34-18-13-12-17-33(34)37(38)44-45-47)36(49)20-19-35(48)43-22-21-41(7,8)52-28-40(5,6)39(50)29(2)3/h10-13,15-18,29-30,42H,9,14,19-28H2,1-8H3,(H,43,48). The fraction of sp³-hybridized carbons (Fsp3) is 0.585. The summed E-state index contributed by atoms with van der Waals surface area (Å²) in [4.78, 5) is 41.2. The van der Waals surface area contributed by atoms with Crippen molar-refractivity contribution < 1.29 is 23.9 Å². The Balaban J connectivity index is 1.38. The van der Waals surface area contributed by atoms with E-state index < -0.39 is 11.0 Å². The average molecular weight is 717 g/mol. The molecule has 52 heavy (non-hydrogen) atoms. The van der Waals surface area contributed by atoms with Crippen molar-refractivity contribution in [1.29, 1.82) is 0 Å². The molecule has 4 rings (SSSR count). The lowest BCUT2D eigenvalue weighted by Gasteiger charge is -2.32. The van der Waals surface area contributed by atoms with Crippen molar-refractivity contribution >= 4 is 23.3 Å². The number of Topliss-reactive ketones (excluding diaryl/α,β-unsaturated/α-hetero) is 1. The number of anilines is 1. The van der Waals surface area contributed by atoms with Gasteiger partial charge < -0.3 is 25.0 Å². The minimum Gasteiger partial charge on any atom is -0.380 e. The van der Waals surface area contributed by atoms with E-state index >= 15 is 0 Å². The maximum Gasteiger partial charge on any atom is 0.227 e. The summed E-state index contributed by atoms with van der Waals surface area (Å²) in [5, 5.41) is 15.6. The van der Waals surface area contributed by atoms with Gasteiger partial charge in [0.15, 0.2) is 0 Å². The molecule has 2 amide bonds. The summed E-state index contributed by atoms with van der Waals surface area (Å²) in [6.45, 7) is 19.7. The topological polar surface area (TPSA) is 128 Å². The molecule has 11 heteroatoms. The van der Waals surface area contributed by atoms with Gasteiger partial charge in [-0.25, -0.2) is 4.68 Å². The molecule has 0 bridgehead atoms. The van der Waals surface area contributed by atoms with Gasteiger partial charge in [-0.05, 0) is 51.7 Å². The molecule has 2 N–H and O–H groups in total. The van der Waals surface area contributed by atoms with Gasteiger partial charge in [-0.1, -0.05) is 82.3 Å². The van der Waals surface area contributed by atoms with E-state index in [-0.39, 0.29) is 36.4 Å². The highest BCUT2D eigenvalue weighted by Gasteiger charge is 2.33. The molecule has 0 spiro atoms. The van der Waals surface area contributed by atoms with Crippen molar-refractivity contribution in [2.75, 3.05) is 37.8 Å². The summed E-state index contributed by atoms with van der Waals surface area (Å²) in [5.41, 5.74) is 4.06. The first kappa shape index (κ1) is 40.8. The van der Waals surface area contributed by atoms with Crippen LogP contribution in [0.15, 0.2) is 48.5 Å². The Bertz CT molecular complexity index is 1650. The van der Waals surface area contributed by atoms with Crippen LogP contribution in [0, 0.1) is 11.3 Å². The summed E-state index contributed by atoms with van der Waals surface area (Å²) in [6.07, 6.45) is 2.57. The van der Waals surface area contributed by atoms with Gasteiger partial charge in [-0.3, -0.25) is 14.4 Å². The van der Waals surface area contributed by atoms with Gasteiger partial charge >= 0.3 is 0 Å². The van der Waals surface area contributed by atoms with E-state index in [9.17, 15) is 14.4 Å². The van der Waals surface area contributed by atoms with E-state index in [4.69, 9.17) is 9.47 Å². The molecule has 1 atom stereocenters. The molecular formula is C41H60N6O5. The molecule has 2 aromatic carbocycles. The second-order valence-corrected chi connectivity index (χ2v) is 15.4. The minimum atomic E-state index is -0.585. The first-order chi connectivity index (χ1) is 24.7. The molecule has 3 aromatic rings. The number of amides is 2. The summed E-state index contributed by atoms with van der Waals surface area (Å²) < 4.78 is 14.0. The normalized spacial score (nSPS) is 13.5. The van der Waals surface area contributed by atoms with Gasteiger partial charge in [-0.2, -0.15) is 0 Å². The van der Waals surface area contributed by atoms with E-state index in [0.29, 0.717) is 51.9 Å². The van der Waals surface area contributed by atoms with Crippen molar-refractivity contribution in [3.63, 3.8) is 0 Å². The molecule has 1 unspecified atom stereocenters. The molecular weight excluding hydrogens is 656 g/mol. The van der Waals surface area contributed by atoms with E-state index in [0.717, 1.165) is 53.2 Å². The van der Waals surface area contributed by atoms with E-state index in [2.05, 4.69) is 40.9 Å². The summed E-state index contributed by atoms with van der Waals surface area (Å²) in [6, 6.07) is 16.3. The van der Waals surface area contributed by atoms with Gasteiger partial charge in [0.2, 0.25) is 11.8 Å². The molecule has 2 heterocycles. The van der Waals surface area contributed by atoms with E-state index in [1.165, 1.54) is 0 Å². The fourth-order valence-corrected chi connectivity index (χ4v) is 6.38. The third kappa shape index (κ3) is 11.0. The van der Waals surface area contributed by atoms with Gasteiger partial charge in [0.05, 0.1) is 36.7 Å². The third-order valence-electron chi connectivity index (χ3n) is 9.73. The van der Waals surface area contributed by atoms with E-state index in [1.807, 2.05) is 88.7 Å². The maximum absolute atomic E-state index is 13.9. The van der Waals surface area contributed by atoms with Crippen molar-refractivity contribution in [2.24, 2.45) is 11.3 Å². The zero-order valence-electron chi connectivity index (χ0n) is 32.6. The third-order valence-corrected chi connectivity index (χ3v) is 9.73. The number of nitrogens with one attached hydrogen (secondary N) is 2. The molecule has 1 aliphatic rings. The minimum absolute atomic E-state index is 0.0557. The number of aromatic nitrogens is 3. The van der Waals surface area contributed by atoms with Gasteiger partial charge in [0, 0.05) is 67.6 Å². The lowest BCUT2D eigenvalue weighted by Crippen LogP contribution is -2.39. The maximum atomic E-state index is 13.9. The fourth-order valence-electron chi connectivity index (χ4n) is 6.38.